The lowest BCUT2D eigenvalue weighted by Crippen LogP contribution is -2.16. The summed E-state index contributed by atoms with van der Waals surface area (Å²) in [5.41, 5.74) is 3.23. The average Bonchev–Trinajstić information content (AvgIpc) is 3.23. The lowest BCUT2D eigenvalue weighted by Gasteiger charge is -2.12. The van der Waals surface area contributed by atoms with Gasteiger partial charge in [-0.1, -0.05) is 41.9 Å². The number of ether oxygens (including phenoxy) is 1. The van der Waals surface area contributed by atoms with E-state index in [0.717, 1.165) is 21.5 Å². The SMILES string of the molecule is CC(C)c1cc(C(=O)NN=Cc2cc(Br)ccc2OCc2cccc(C(F)(F)F)c2)cs1. The van der Waals surface area contributed by atoms with Gasteiger partial charge in [-0.2, -0.15) is 18.3 Å². The smallest absolute Gasteiger partial charge is 0.416 e. The summed E-state index contributed by atoms with van der Waals surface area (Å²) in [6.07, 6.45) is -2.98. The molecule has 0 saturated heterocycles. The first-order valence-electron chi connectivity index (χ1n) is 9.64. The van der Waals surface area contributed by atoms with E-state index in [2.05, 4.69) is 40.3 Å². The Labute approximate surface area is 196 Å². The highest BCUT2D eigenvalue weighted by Gasteiger charge is 2.30. The quantitative estimate of drug-likeness (QED) is 0.267. The summed E-state index contributed by atoms with van der Waals surface area (Å²) in [6, 6.07) is 12.0. The summed E-state index contributed by atoms with van der Waals surface area (Å²) in [6.45, 7) is 4.06. The molecule has 0 bridgehead atoms. The van der Waals surface area contributed by atoms with Gasteiger partial charge in [-0.15, -0.1) is 11.3 Å². The third-order valence-electron chi connectivity index (χ3n) is 4.44. The molecule has 3 rings (SSSR count). The Morgan fingerprint density at radius 3 is 2.69 bits per heavy atom. The van der Waals surface area contributed by atoms with Gasteiger partial charge in [0.05, 0.1) is 17.3 Å². The van der Waals surface area contributed by atoms with Crippen LogP contribution in [-0.2, 0) is 12.8 Å². The van der Waals surface area contributed by atoms with Crippen LogP contribution in [0, 0.1) is 0 Å². The monoisotopic (exact) mass is 524 g/mol. The Morgan fingerprint density at radius 2 is 2.00 bits per heavy atom. The zero-order valence-corrected chi connectivity index (χ0v) is 19.6. The number of hydrogen-bond donors (Lipinski definition) is 1. The number of amides is 1. The molecule has 4 nitrogen and oxygen atoms in total. The van der Waals surface area contributed by atoms with Gasteiger partial charge < -0.3 is 4.74 Å². The van der Waals surface area contributed by atoms with E-state index in [9.17, 15) is 18.0 Å². The number of hydrogen-bond acceptors (Lipinski definition) is 4. The molecule has 0 aliphatic rings. The van der Waals surface area contributed by atoms with Crippen molar-refractivity contribution in [2.24, 2.45) is 5.10 Å². The van der Waals surface area contributed by atoms with Gasteiger partial charge in [0.15, 0.2) is 0 Å². The molecule has 0 fully saturated rings. The minimum absolute atomic E-state index is 0.0500. The normalized spacial score (nSPS) is 11.8. The first-order chi connectivity index (χ1) is 15.1. The van der Waals surface area contributed by atoms with Crippen molar-refractivity contribution in [3.8, 4) is 5.75 Å². The van der Waals surface area contributed by atoms with E-state index in [4.69, 9.17) is 4.74 Å². The van der Waals surface area contributed by atoms with Crippen LogP contribution in [0.3, 0.4) is 0 Å². The van der Waals surface area contributed by atoms with Gasteiger partial charge >= 0.3 is 6.18 Å². The van der Waals surface area contributed by atoms with E-state index < -0.39 is 11.7 Å². The largest absolute Gasteiger partial charge is 0.488 e. The molecule has 0 saturated carbocycles. The van der Waals surface area contributed by atoms with Gasteiger partial charge in [0.25, 0.3) is 5.91 Å². The molecule has 3 aromatic rings. The maximum atomic E-state index is 12.9. The van der Waals surface area contributed by atoms with Gasteiger partial charge in [0.2, 0.25) is 0 Å². The molecule has 1 heterocycles. The van der Waals surface area contributed by atoms with Gasteiger partial charge in [-0.3, -0.25) is 4.79 Å². The van der Waals surface area contributed by atoms with Crippen LogP contribution in [-0.4, -0.2) is 12.1 Å². The van der Waals surface area contributed by atoms with Crippen molar-refractivity contribution in [2.75, 3.05) is 0 Å². The van der Waals surface area contributed by atoms with Crippen molar-refractivity contribution < 1.29 is 22.7 Å². The lowest BCUT2D eigenvalue weighted by atomic mass is 10.1. The molecular formula is C23H20BrF3N2O2S. The fraction of sp³-hybridized carbons (Fsp3) is 0.217. The van der Waals surface area contributed by atoms with E-state index in [-0.39, 0.29) is 12.5 Å². The predicted octanol–water partition coefficient (Wildman–Crippen LogP) is 7.00. The van der Waals surface area contributed by atoms with Crippen LogP contribution in [0.2, 0.25) is 0 Å². The van der Waals surface area contributed by atoms with E-state index in [1.807, 2.05) is 6.07 Å². The number of nitrogens with zero attached hydrogens (tertiary/aromatic N) is 1. The minimum Gasteiger partial charge on any atom is -0.488 e. The number of nitrogens with one attached hydrogen (secondary N) is 1. The zero-order chi connectivity index (χ0) is 23.3. The highest BCUT2D eigenvalue weighted by Crippen LogP contribution is 2.30. The molecule has 0 aliphatic heterocycles. The molecular weight excluding hydrogens is 505 g/mol. The summed E-state index contributed by atoms with van der Waals surface area (Å²) in [7, 11) is 0. The van der Waals surface area contributed by atoms with Crippen LogP contribution in [0.1, 0.15) is 51.7 Å². The second kappa shape index (κ2) is 10.3. The number of alkyl halides is 3. The number of benzene rings is 2. The van der Waals surface area contributed by atoms with E-state index in [1.54, 1.807) is 29.6 Å². The topological polar surface area (TPSA) is 50.7 Å². The highest BCUT2D eigenvalue weighted by molar-refractivity contribution is 9.10. The fourth-order valence-electron chi connectivity index (χ4n) is 2.75. The Hall–Kier alpha value is -2.65. The predicted molar refractivity (Wildman–Crippen MR) is 123 cm³/mol. The highest BCUT2D eigenvalue weighted by atomic mass is 79.9. The molecule has 9 heteroatoms. The number of rotatable bonds is 7. The minimum atomic E-state index is -4.41. The third-order valence-corrected chi connectivity index (χ3v) is 6.17. The van der Waals surface area contributed by atoms with Crippen LogP contribution in [0.4, 0.5) is 13.2 Å². The summed E-state index contributed by atoms with van der Waals surface area (Å²) >= 11 is 4.89. The summed E-state index contributed by atoms with van der Waals surface area (Å²) in [5, 5.41) is 5.79. The van der Waals surface area contributed by atoms with Crippen LogP contribution in [0.15, 0.2) is 63.5 Å². The molecule has 1 amide bonds. The molecule has 0 radical (unpaired) electrons. The molecule has 0 spiro atoms. The summed E-state index contributed by atoms with van der Waals surface area (Å²) in [5.74, 6) is 0.426. The maximum Gasteiger partial charge on any atom is 0.416 e. The Balaban J connectivity index is 1.69. The van der Waals surface area contributed by atoms with E-state index in [1.165, 1.54) is 23.6 Å². The maximum absolute atomic E-state index is 12.9. The second-order valence-corrected chi connectivity index (χ2v) is 9.12. The first kappa shape index (κ1) is 24.0. The van der Waals surface area contributed by atoms with Crippen LogP contribution < -0.4 is 10.2 Å². The number of carbonyl (C=O) groups is 1. The lowest BCUT2D eigenvalue weighted by molar-refractivity contribution is -0.137. The average molecular weight is 525 g/mol. The standard InChI is InChI=1S/C23H20BrF3N2O2S/c1-14(2)21-10-17(13-32-21)22(30)29-28-11-16-9-19(24)6-7-20(16)31-12-15-4-3-5-18(8-15)23(25,26)27/h3-11,13-14H,12H2,1-2H3,(H,29,30). The number of hydrazone groups is 1. The first-order valence-corrected chi connectivity index (χ1v) is 11.3. The molecule has 2 aromatic carbocycles. The Kier molecular flexibility index (Phi) is 7.73. The third kappa shape index (κ3) is 6.43. The Bertz CT molecular complexity index is 1130. The van der Waals surface area contributed by atoms with Crippen molar-refractivity contribution in [1.29, 1.82) is 0 Å². The van der Waals surface area contributed by atoms with Gasteiger partial charge in [0.1, 0.15) is 12.4 Å². The fourth-order valence-corrected chi connectivity index (χ4v) is 4.03. The molecule has 0 unspecified atom stereocenters. The van der Waals surface area contributed by atoms with E-state index in [0.29, 0.717) is 28.4 Å². The van der Waals surface area contributed by atoms with Crippen LogP contribution in [0.5, 0.6) is 5.75 Å². The molecule has 32 heavy (non-hydrogen) atoms. The Morgan fingerprint density at radius 1 is 1.22 bits per heavy atom. The van der Waals surface area contributed by atoms with Crippen molar-refractivity contribution >= 4 is 39.4 Å². The molecule has 0 atom stereocenters. The second-order valence-electron chi connectivity index (χ2n) is 7.26. The van der Waals surface area contributed by atoms with Gasteiger partial charge in [-0.05, 0) is 47.9 Å². The number of halogens is 4. The summed E-state index contributed by atoms with van der Waals surface area (Å²) in [4.78, 5) is 13.4. The molecule has 0 aliphatic carbocycles. The number of thiophene rings is 1. The van der Waals surface area contributed by atoms with Crippen molar-refractivity contribution in [3.05, 3.63) is 85.5 Å². The summed E-state index contributed by atoms with van der Waals surface area (Å²) < 4.78 is 45.2. The van der Waals surface area contributed by atoms with Gasteiger partial charge in [0, 0.05) is 20.3 Å². The van der Waals surface area contributed by atoms with Gasteiger partial charge in [-0.25, -0.2) is 5.43 Å². The molecule has 168 valence electrons. The molecule has 1 aromatic heterocycles. The zero-order valence-electron chi connectivity index (χ0n) is 17.2. The van der Waals surface area contributed by atoms with Crippen molar-refractivity contribution in [2.45, 2.75) is 32.5 Å². The van der Waals surface area contributed by atoms with Crippen LogP contribution >= 0.6 is 27.3 Å². The number of carbonyl (C=O) groups excluding carboxylic acids is 1. The van der Waals surface area contributed by atoms with Crippen molar-refractivity contribution in [3.63, 3.8) is 0 Å². The van der Waals surface area contributed by atoms with Crippen LogP contribution in [0.25, 0.3) is 0 Å². The molecule has 1 N–H and O–H groups in total. The van der Waals surface area contributed by atoms with Crippen molar-refractivity contribution in [1.82, 2.24) is 5.43 Å². The van der Waals surface area contributed by atoms with E-state index >= 15 is 0 Å².